The number of hydrogen-bond donors (Lipinski definition) is 1. The first-order valence-electron chi connectivity index (χ1n) is 10.3. The zero-order valence-corrected chi connectivity index (χ0v) is 17.9. The summed E-state index contributed by atoms with van der Waals surface area (Å²) in [6, 6.07) is 12.4. The van der Waals surface area contributed by atoms with Crippen LogP contribution in [-0.4, -0.2) is 56.8 Å². The first-order chi connectivity index (χ1) is 14.5. The molecule has 1 atom stereocenters. The third kappa shape index (κ3) is 5.49. The zero-order valence-electron chi connectivity index (χ0n) is 17.9. The standard InChI is InChI=1S/C23H30FN3O3/c1-4-26(16-18-5-10-22(29-3)21(24)15-18)17(2)23(28)25-19-6-8-20(9-7-19)27-11-13-30-14-12-27/h5-10,15,17H,4,11-14,16H2,1-3H3,(H,25,28). The van der Waals surface area contributed by atoms with E-state index in [4.69, 9.17) is 9.47 Å². The molecule has 30 heavy (non-hydrogen) atoms. The van der Waals surface area contributed by atoms with Crippen LogP contribution in [0.15, 0.2) is 42.5 Å². The highest BCUT2D eigenvalue weighted by Gasteiger charge is 2.21. The molecule has 1 aliphatic heterocycles. The maximum atomic E-state index is 14.0. The second-order valence-corrected chi connectivity index (χ2v) is 7.34. The molecule has 0 aliphatic carbocycles. The number of rotatable bonds is 8. The number of anilines is 2. The van der Waals surface area contributed by atoms with Crippen molar-refractivity contribution in [3.8, 4) is 5.75 Å². The van der Waals surface area contributed by atoms with Crippen LogP contribution in [-0.2, 0) is 16.1 Å². The fourth-order valence-corrected chi connectivity index (χ4v) is 3.56. The van der Waals surface area contributed by atoms with Gasteiger partial charge in [-0.3, -0.25) is 9.69 Å². The molecule has 1 saturated heterocycles. The van der Waals surface area contributed by atoms with Crippen molar-refractivity contribution in [1.29, 1.82) is 0 Å². The van der Waals surface area contributed by atoms with Crippen LogP contribution < -0.4 is 15.0 Å². The summed E-state index contributed by atoms with van der Waals surface area (Å²) < 4.78 is 24.3. The molecule has 2 aromatic rings. The lowest BCUT2D eigenvalue weighted by Gasteiger charge is -2.29. The van der Waals surface area contributed by atoms with Crippen molar-refractivity contribution >= 4 is 17.3 Å². The molecular weight excluding hydrogens is 385 g/mol. The molecule has 1 fully saturated rings. The number of benzene rings is 2. The largest absolute Gasteiger partial charge is 0.494 e. The van der Waals surface area contributed by atoms with Crippen molar-refractivity contribution in [2.24, 2.45) is 0 Å². The fourth-order valence-electron chi connectivity index (χ4n) is 3.56. The molecule has 0 radical (unpaired) electrons. The van der Waals surface area contributed by atoms with Gasteiger partial charge in [-0.05, 0) is 55.4 Å². The number of carbonyl (C=O) groups is 1. The van der Waals surface area contributed by atoms with Crippen molar-refractivity contribution in [2.45, 2.75) is 26.4 Å². The van der Waals surface area contributed by atoms with Gasteiger partial charge in [-0.25, -0.2) is 4.39 Å². The van der Waals surface area contributed by atoms with Crippen LogP contribution in [0.3, 0.4) is 0 Å². The quantitative estimate of drug-likeness (QED) is 0.715. The third-order valence-electron chi connectivity index (χ3n) is 5.45. The summed E-state index contributed by atoms with van der Waals surface area (Å²) in [6.45, 7) is 8.21. The Labute approximate surface area is 177 Å². The van der Waals surface area contributed by atoms with Crippen LogP contribution in [0, 0.1) is 5.82 Å². The highest BCUT2D eigenvalue weighted by molar-refractivity contribution is 5.94. The maximum Gasteiger partial charge on any atom is 0.241 e. The van der Waals surface area contributed by atoms with Gasteiger partial charge in [0.2, 0.25) is 5.91 Å². The van der Waals surface area contributed by atoms with E-state index >= 15 is 0 Å². The zero-order chi connectivity index (χ0) is 21.5. The molecule has 0 bridgehead atoms. The van der Waals surface area contributed by atoms with Crippen LogP contribution in [0.4, 0.5) is 15.8 Å². The number of morpholine rings is 1. The van der Waals surface area contributed by atoms with Gasteiger partial charge >= 0.3 is 0 Å². The van der Waals surface area contributed by atoms with E-state index < -0.39 is 5.82 Å². The SMILES string of the molecule is CCN(Cc1ccc(OC)c(F)c1)C(C)C(=O)Nc1ccc(N2CCOCC2)cc1. The number of amides is 1. The Morgan fingerprint density at radius 2 is 1.93 bits per heavy atom. The topological polar surface area (TPSA) is 54.0 Å². The highest BCUT2D eigenvalue weighted by atomic mass is 19.1. The number of ether oxygens (including phenoxy) is 2. The summed E-state index contributed by atoms with van der Waals surface area (Å²) in [5.41, 5.74) is 2.68. The van der Waals surface area contributed by atoms with Crippen molar-refractivity contribution in [3.05, 3.63) is 53.8 Å². The lowest BCUT2D eigenvalue weighted by molar-refractivity contribution is -0.120. The van der Waals surface area contributed by atoms with Gasteiger partial charge in [-0.2, -0.15) is 0 Å². The van der Waals surface area contributed by atoms with E-state index in [1.54, 1.807) is 6.07 Å². The second kappa shape index (κ2) is 10.4. The molecule has 0 saturated carbocycles. The Balaban J connectivity index is 1.59. The molecule has 0 aromatic heterocycles. The van der Waals surface area contributed by atoms with Crippen molar-refractivity contribution < 1.29 is 18.7 Å². The van der Waals surface area contributed by atoms with Crippen LogP contribution >= 0.6 is 0 Å². The van der Waals surface area contributed by atoms with Gasteiger partial charge in [-0.1, -0.05) is 13.0 Å². The Kier molecular flexibility index (Phi) is 7.65. The second-order valence-electron chi connectivity index (χ2n) is 7.34. The number of methoxy groups -OCH3 is 1. The van der Waals surface area contributed by atoms with E-state index in [1.807, 2.05) is 49.1 Å². The molecule has 0 spiro atoms. The molecular formula is C23H30FN3O3. The van der Waals surface area contributed by atoms with Gasteiger partial charge < -0.3 is 19.7 Å². The van der Waals surface area contributed by atoms with Crippen LogP contribution in [0.25, 0.3) is 0 Å². The molecule has 1 N–H and O–H groups in total. The molecule has 1 aliphatic rings. The Morgan fingerprint density at radius 3 is 2.53 bits per heavy atom. The molecule has 3 rings (SSSR count). The molecule has 6 nitrogen and oxygen atoms in total. The van der Waals surface area contributed by atoms with E-state index in [1.165, 1.54) is 13.2 Å². The average Bonchev–Trinajstić information content (AvgIpc) is 2.78. The number of carbonyl (C=O) groups excluding carboxylic acids is 1. The van der Waals surface area contributed by atoms with Crippen molar-refractivity contribution in [1.82, 2.24) is 4.90 Å². The van der Waals surface area contributed by atoms with E-state index in [0.717, 1.165) is 43.2 Å². The van der Waals surface area contributed by atoms with Gasteiger partial charge in [-0.15, -0.1) is 0 Å². The molecule has 1 amide bonds. The molecule has 1 heterocycles. The van der Waals surface area contributed by atoms with Gasteiger partial charge in [0.05, 0.1) is 26.4 Å². The van der Waals surface area contributed by atoms with Gasteiger partial charge in [0.25, 0.3) is 0 Å². The molecule has 2 aromatic carbocycles. The lowest BCUT2D eigenvalue weighted by atomic mass is 10.1. The van der Waals surface area contributed by atoms with E-state index in [2.05, 4.69) is 10.2 Å². The Bertz CT molecular complexity index is 838. The lowest BCUT2D eigenvalue weighted by Crippen LogP contribution is -2.41. The van der Waals surface area contributed by atoms with Gasteiger partial charge in [0.15, 0.2) is 11.6 Å². The predicted octanol–water partition coefficient (Wildman–Crippen LogP) is 3.52. The number of halogens is 1. The summed E-state index contributed by atoms with van der Waals surface area (Å²) in [5, 5.41) is 2.98. The minimum Gasteiger partial charge on any atom is -0.494 e. The highest BCUT2D eigenvalue weighted by Crippen LogP contribution is 2.21. The summed E-state index contributed by atoms with van der Waals surface area (Å²) >= 11 is 0. The summed E-state index contributed by atoms with van der Waals surface area (Å²) in [6.07, 6.45) is 0. The summed E-state index contributed by atoms with van der Waals surface area (Å²) in [5.74, 6) is -0.276. The number of nitrogens with zero attached hydrogens (tertiary/aromatic N) is 2. The smallest absolute Gasteiger partial charge is 0.241 e. The molecule has 1 unspecified atom stereocenters. The minimum absolute atomic E-state index is 0.0926. The van der Waals surface area contributed by atoms with E-state index in [0.29, 0.717) is 13.1 Å². The van der Waals surface area contributed by atoms with E-state index in [-0.39, 0.29) is 17.7 Å². The maximum absolute atomic E-state index is 14.0. The van der Waals surface area contributed by atoms with Crippen LogP contribution in [0.2, 0.25) is 0 Å². The van der Waals surface area contributed by atoms with Crippen molar-refractivity contribution in [2.75, 3.05) is 50.2 Å². The third-order valence-corrected chi connectivity index (χ3v) is 5.45. The molecule has 162 valence electrons. The normalized spacial score (nSPS) is 15.2. The number of likely N-dealkylation sites (N-methyl/N-ethyl adjacent to an activating group) is 1. The minimum atomic E-state index is -0.400. The number of hydrogen-bond acceptors (Lipinski definition) is 5. The predicted molar refractivity (Wildman–Crippen MR) is 117 cm³/mol. The number of nitrogens with one attached hydrogen (secondary N) is 1. The first-order valence-corrected chi connectivity index (χ1v) is 10.3. The average molecular weight is 416 g/mol. The van der Waals surface area contributed by atoms with Gasteiger partial charge in [0, 0.05) is 31.0 Å². The summed E-state index contributed by atoms with van der Waals surface area (Å²) in [4.78, 5) is 17.1. The Hall–Kier alpha value is -2.64. The Morgan fingerprint density at radius 1 is 1.23 bits per heavy atom. The van der Waals surface area contributed by atoms with Gasteiger partial charge in [0.1, 0.15) is 0 Å². The summed E-state index contributed by atoms with van der Waals surface area (Å²) in [7, 11) is 1.44. The first kappa shape index (κ1) is 22.1. The monoisotopic (exact) mass is 415 g/mol. The van der Waals surface area contributed by atoms with Crippen LogP contribution in [0.1, 0.15) is 19.4 Å². The van der Waals surface area contributed by atoms with Crippen LogP contribution in [0.5, 0.6) is 5.75 Å². The van der Waals surface area contributed by atoms with E-state index in [9.17, 15) is 9.18 Å². The van der Waals surface area contributed by atoms with Crippen molar-refractivity contribution in [3.63, 3.8) is 0 Å². The molecule has 7 heteroatoms. The fraction of sp³-hybridized carbons (Fsp3) is 0.435.